The van der Waals surface area contributed by atoms with Crippen LogP contribution in [-0.4, -0.2) is 68.0 Å². The van der Waals surface area contributed by atoms with Crippen molar-refractivity contribution in [2.24, 2.45) is 0 Å². The molecular formula is C19H23N3O4. The van der Waals surface area contributed by atoms with Gasteiger partial charge < -0.3 is 19.8 Å². The molecule has 7 nitrogen and oxygen atoms in total. The highest BCUT2D eigenvalue weighted by molar-refractivity contribution is 5.93. The molecule has 1 aromatic heterocycles. The van der Waals surface area contributed by atoms with E-state index in [4.69, 9.17) is 4.74 Å². The highest BCUT2D eigenvalue weighted by Crippen LogP contribution is 2.39. The molecule has 1 aromatic carbocycles. The lowest BCUT2D eigenvalue weighted by molar-refractivity contribution is -0.244. The molecule has 0 bridgehead atoms. The van der Waals surface area contributed by atoms with Crippen molar-refractivity contribution < 1.29 is 19.7 Å². The van der Waals surface area contributed by atoms with E-state index in [1.165, 1.54) is 6.20 Å². The summed E-state index contributed by atoms with van der Waals surface area (Å²) in [5.74, 6) is -0.171. The summed E-state index contributed by atoms with van der Waals surface area (Å²) in [6, 6.07) is 7.43. The van der Waals surface area contributed by atoms with Crippen molar-refractivity contribution in [3.63, 3.8) is 0 Å². The molecule has 2 aliphatic heterocycles. The minimum atomic E-state index is -1.16. The third-order valence-corrected chi connectivity index (χ3v) is 5.65. The summed E-state index contributed by atoms with van der Waals surface area (Å²) in [5.41, 5.74) is -0.185. The number of aliphatic hydroxyl groups excluding tert-OH is 1. The number of para-hydroxylation sites is 2. The van der Waals surface area contributed by atoms with Crippen molar-refractivity contribution in [1.29, 1.82) is 0 Å². The van der Waals surface area contributed by atoms with E-state index in [-0.39, 0.29) is 5.91 Å². The topological polar surface area (TPSA) is 95.8 Å². The Hall–Kier alpha value is -2.09. The minimum absolute atomic E-state index is 0.171. The number of hydrogen-bond acceptors (Lipinski definition) is 6. The van der Waals surface area contributed by atoms with Gasteiger partial charge in [-0.25, -0.2) is 4.98 Å². The maximum absolute atomic E-state index is 12.8. The fraction of sp³-hybridized carbons (Fsp3) is 0.526. The van der Waals surface area contributed by atoms with Gasteiger partial charge in [-0.3, -0.25) is 9.78 Å². The predicted molar refractivity (Wildman–Crippen MR) is 94.6 cm³/mol. The summed E-state index contributed by atoms with van der Waals surface area (Å²) in [6.45, 7) is 2.94. The minimum Gasteiger partial charge on any atom is -0.387 e. The molecule has 2 atom stereocenters. The fourth-order valence-corrected chi connectivity index (χ4v) is 3.97. The van der Waals surface area contributed by atoms with Gasteiger partial charge in [-0.1, -0.05) is 12.1 Å². The highest BCUT2D eigenvalue weighted by atomic mass is 16.5. The van der Waals surface area contributed by atoms with Crippen LogP contribution in [0.4, 0.5) is 0 Å². The number of aliphatic hydroxyl groups is 2. The van der Waals surface area contributed by atoms with Crippen LogP contribution in [0.5, 0.6) is 0 Å². The normalized spacial score (nSPS) is 28.4. The van der Waals surface area contributed by atoms with Gasteiger partial charge >= 0.3 is 0 Å². The summed E-state index contributed by atoms with van der Waals surface area (Å²) in [4.78, 5) is 23.2. The van der Waals surface area contributed by atoms with Crippen molar-refractivity contribution in [1.82, 2.24) is 14.9 Å². The molecule has 2 fully saturated rings. The van der Waals surface area contributed by atoms with Crippen LogP contribution >= 0.6 is 0 Å². The Bertz CT molecular complexity index is 830. The fourth-order valence-electron chi connectivity index (χ4n) is 3.97. The van der Waals surface area contributed by atoms with E-state index in [0.29, 0.717) is 50.2 Å². The zero-order valence-corrected chi connectivity index (χ0v) is 14.8. The number of carbonyl (C=O) groups excluding carboxylic acids is 1. The van der Waals surface area contributed by atoms with Gasteiger partial charge in [0.05, 0.1) is 29.4 Å². The van der Waals surface area contributed by atoms with E-state index >= 15 is 0 Å². The van der Waals surface area contributed by atoms with Gasteiger partial charge in [0, 0.05) is 19.5 Å². The first-order valence-electron chi connectivity index (χ1n) is 8.97. The average Bonchev–Trinajstić information content (AvgIpc) is 2.66. The largest absolute Gasteiger partial charge is 0.387 e. The quantitative estimate of drug-likeness (QED) is 0.795. The van der Waals surface area contributed by atoms with Crippen molar-refractivity contribution >= 4 is 16.9 Å². The zero-order chi connectivity index (χ0) is 18.4. The zero-order valence-electron chi connectivity index (χ0n) is 14.8. The van der Waals surface area contributed by atoms with Crippen molar-refractivity contribution in [3.8, 4) is 0 Å². The number of piperidine rings is 1. The third kappa shape index (κ3) is 2.86. The second-order valence-electron chi connectivity index (χ2n) is 7.46. The van der Waals surface area contributed by atoms with Crippen molar-refractivity contribution in [2.45, 2.75) is 43.5 Å². The van der Waals surface area contributed by atoms with E-state index in [0.717, 1.165) is 5.52 Å². The van der Waals surface area contributed by atoms with E-state index in [9.17, 15) is 15.0 Å². The first-order valence-corrected chi connectivity index (χ1v) is 8.97. The maximum Gasteiger partial charge on any atom is 0.274 e. The third-order valence-electron chi connectivity index (χ3n) is 5.65. The summed E-state index contributed by atoms with van der Waals surface area (Å²) in [5, 5.41) is 21.0. The van der Waals surface area contributed by atoms with Gasteiger partial charge in [0.2, 0.25) is 0 Å². The SMILES string of the molecule is C[C@@]1(O)CCOC2(CCN(C(=O)c3cnc4ccccc4n3)CC2)[C@H]1O. The molecular weight excluding hydrogens is 334 g/mol. The first-order chi connectivity index (χ1) is 12.4. The smallest absolute Gasteiger partial charge is 0.274 e. The molecule has 3 heterocycles. The maximum atomic E-state index is 12.8. The molecule has 1 amide bonds. The molecule has 2 aliphatic rings. The second kappa shape index (κ2) is 6.26. The van der Waals surface area contributed by atoms with E-state index in [1.807, 2.05) is 24.3 Å². The van der Waals surface area contributed by atoms with Crippen molar-refractivity contribution in [3.05, 3.63) is 36.2 Å². The Morgan fingerprint density at radius 3 is 2.65 bits per heavy atom. The standard InChI is InChI=1S/C19H23N3O4/c1-18(25)8-11-26-19(17(18)24)6-9-22(10-7-19)16(23)15-12-20-13-4-2-3-5-14(13)21-15/h2-5,12,17,24-25H,6-11H2,1H3/t17-,18+/m0/s1. The average molecular weight is 357 g/mol. The van der Waals surface area contributed by atoms with Gasteiger partial charge in [0.1, 0.15) is 17.4 Å². The Morgan fingerprint density at radius 2 is 1.92 bits per heavy atom. The number of likely N-dealkylation sites (tertiary alicyclic amines) is 1. The molecule has 138 valence electrons. The van der Waals surface area contributed by atoms with E-state index in [1.54, 1.807) is 11.8 Å². The van der Waals surface area contributed by atoms with Crippen LogP contribution in [0.1, 0.15) is 36.7 Å². The number of carbonyl (C=O) groups is 1. The lowest BCUT2D eigenvalue weighted by Gasteiger charge is -2.51. The van der Waals surface area contributed by atoms with Crippen LogP contribution < -0.4 is 0 Å². The van der Waals surface area contributed by atoms with Crippen LogP contribution in [0.2, 0.25) is 0 Å². The molecule has 0 radical (unpaired) electrons. The predicted octanol–water partition coefficient (Wildman–Crippen LogP) is 1.14. The molecule has 2 N–H and O–H groups in total. The number of aromatic nitrogens is 2. The number of rotatable bonds is 1. The second-order valence-corrected chi connectivity index (χ2v) is 7.46. The number of fused-ring (bicyclic) bond motifs is 1. The molecule has 0 aliphatic carbocycles. The van der Waals surface area contributed by atoms with Crippen molar-refractivity contribution in [2.75, 3.05) is 19.7 Å². The van der Waals surface area contributed by atoms with Gasteiger partial charge in [0.15, 0.2) is 0 Å². The summed E-state index contributed by atoms with van der Waals surface area (Å²) < 4.78 is 5.87. The van der Waals surface area contributed by atoms with Crippen LogP contribution in [-0.2, 0) is 4.74 Å². The summed E-state index contributed by atoms with van der Waals surface area (Å²) >= 11 is 0. The molecule has 2 aromatic rings. The lowest BCUT2D eigenvalue weighted by Crippen LogP contribution is -2.64. The van der Waals surface area contributed by atoms with E-state index < -0.39 is 17.3 Å². The molecule has 2 saturated heterocycles. The molecule has 7 heteroatoms. The number of ether oxygens (including phenoxy) is 1. The van der Waals surface area contributed by atoms with Gasteiger partial charge in [-0.15, -0.1) is 0 Å². The Labute approximate surface area is 151 Å². The molecule has 26 heavy (non-hydrogen) atoms. The van der Waals surface area contributed by atoms with Gasteiger partial charge in [-0.2, -0.15) is 0 Å². The Morgan fingerprint density at radius 1 is 1.23 bits per heavy atom. The van der Waals surface area contributed by atoms with E-state index in [2.05, 4.69) is 9.97 Å². The van der Waals surface area contributed by atoms with Gasteiger partial charge in [0.25, 0.3) is 5.91 Å². The lowest BCUT2D eigenvalue weighted by atomic mass is 9.75. The first kappa shape index (κ1) is 17.3. The highest BCUT2D eigenvalue weighted by Gasteiger charge is 2.53. The Kier molecular flexibility index (Phi) is 4.17. The number of amides is 1. The molecule has 0 saturated carbocycles. The monoisotopic (exact) mass is 357 g/mol. The molecule has 1 spiro atoms. The van der Waals surface area contributed by atoms with Crippen LogP contribution in [0.25, 0.3) is 11.0 Å². The van der Waals surface area contributed by atoms with Gasteiger partial charge in [-0.05, 0) is 31.9 Å². The van der Waals surface area contributed by atoms with Crippen LogP contribution in [0.3, 0.4) is 0 Å². The molecule has 4 rings (SSSR count). The molecule has 0 unspecified atom stereocenters. The Balaban J connectivity index is 1.49. The summed E-state index contributed by atoms with van der Waals surface area (Å²) in [7, 11) is 0. The van der Waals surface area contributed by atoms with Crippen LogP contribution in [0, 0.1) is 0 Å². The number of hydrogen-bond donors (Lipinski definition) is 2. The number of benzene rings is 1. The van der Waals surface area contributed by atoms with Crippen LogP contribution in [0.15, 0.2) is 30.5 Å². The number of nitrogens with zero attached hydrogens (tertiary/aromatic N) is 3. The summed E-state index contributed by atoms with van der Waals surface area (Å²) in [6.07, 6.45) is 1.92.